The Balaban J connectivity index is 1.77. The predicted octanol–water partition coefficient (Wildman–Crippen LogP) is 5.49. The highest BCUT2D eigenvalue weighted by Gasteiger charge is 2.40. The first-order valence-electron chi connectivity index (χ1n) is 10.1. The summed E-state index contributed by atoms with van der Waals surface area (Å²) in [6.07, 6.45) is 5.94. The van der Waals surface area contributed by atoms with Crippen molar-refractivity contribution in [2.75, 3.05) is 7.11 Å². The van der Waals surface area contributed by atoms with Crippen molar-refractivity contribution in [1.29, 1.82) is 0 Å². The molecule has 5 atom stereocenters. The summed E-state index contributed by atoms with van der Waals surface area (Å²) in [5.41, 5.74) is 3.44. The molecule has 0 N–H and O–H groups in total. The van der Waals surface area contributed by atoms with E-state index in [1.807, 2.05) is 30.3 Å². The molecule has 3 heteroatoms. The van der Waals surface area contributed by atoms with E-state index in [0.29, 0.717) is 23.7 Å². The Morgan fingerprint density at radius 2 is 1.81 bits per heavy atom. The number of hydrogen-bond donors (Lipinski definition) is 0. The second-order valence-electron chi connectivity index (χ2n) is 8.37. The van der Waals surface area contributed by atoms with Gasteiger partial charge in [-0.3, -0.25) is 0 Å². The van der Waals surface area contributed by atoms with Gasteiger partial charge >= 0.3 is 5.97 Å². The van der Waals surface area contributed by atoms with Crippen LogP contribution in [-0.2, 0) is 14.3 Å². The molecule has 2 aliphatic rings. The zero-order valence-electron chi connectivity index (χ0n) is 17.1. The molecule has 0 bridgehead atoms. The van der Waals surface area contributed by atoms with Gasteiger partial charge in [0.2, 0.25) is 0 Å². The second kappa shape index (κ2) is 8.43. The molecular weight excluding hydrogens is 336 g/mol. The van der Waals surface area contributed by atoms with Crippen LogP contribution in [-0.4, -0.2) is 19.2 Å². The average Bonchev–Trinajstić information content (AvgIpc) is 2.64. The van der Waals surface area contributed by atoms with E-state index < -0.39 is 6.10 Å². The van der Waals surface area contributed by atoms with Gasteiger partial charge in [0, 0.05) is 7.11 Å². The fourth-order valence-corrected chi connectivity index (χ4v) is 4.70. The van der Waals surface area contributed by atoms with Crippen molar-refractivity contribution in [3.05, 3.63) is 59.2 Å². The molecule has 0 aromatic heterocycles. The SMILES string of the molecule is CO[C@H](C(=O)O[C@@H]1C[C@H]2C(C)=CC[C@H](C(C)C)[C@H]2C=C1C)c1ccccc1. The Hall–Kier alpha value is -1.87. The third kappa shape index (κ3) is 4.19. The van der Waals surface area contributed by atoms with Crippen LogP contribution >= 0.6 is 0 Å². The van der Waals surface area contributed by atoms with E-state index in [2.05, 4.69) is 39.8 Å². The van der Waals surface area contributed by atoms with E-state index in [9.17, 15) is 4.79 Å². The van der Waals surface area contributed by atoms with Crippen molar-refractivity contribution in [3.8, 4) is 0 Å². The number of carbonyl (C=O) groups is 1. The zero-order valence-corrected chi connectivity index (χ0v) is 17.1. The lowest BCUT2D eigenvalue weighted by molar-refractivity contribution is -0.161. The molecule has 0 saturated heterocycles. The summed E-state index contributed by atoms with van der Waals surface area (Å²) < 4.78 is 11.4. The summed E-state index contributed by atoms with van der Waals surface area (Å²) in [7, 11) is 1.56. The molecule has 0 heterocycles. The Bertz CT molecular complexity index is 716. The van der Waals surface area contributed by atoms with E-state index >= 15 is 0 Å². The van der Waals surface area contributed by atoms with Crippen LogP contribution < -0.4 is 0 Å². The molecule has 1 aromatic rings. The van der Waals surface area contributed by atoms with Gasteiger partial charge in [0.1, 0.15) is 6.10 Å². The van der Waals surface area contributed by atoms with Crippen molar-refractivity contribution >= 4 is 5.97 Å². The smallest absolute Gasteiger partial charge is 0.340 e. The Kier molecular flexibility index (Phi) is 6.21. The van der Waals surface area contributed by atoms with Gasteiger partial charge in [-0.2, -0.15) is 0 Å². The molecule has 0 amide bonds. The van der Waals surface area contributed by atoms with Gasteiger partial charge in [0.05, 0.1) is 0 Å². The number of allylic oxidation sites excluding steroid dienone is 3. The third-order valence-electron chi connectivity index (χ3n) is 6.35. The van der Waals surface area contributed by atoms with Crippen LogP contribution in [0.25, 0.3) is 0 Å². The minimum atomic E-state index is -0.678. The summed E-state index contributed by atoms with van der Waals surface area (Å²) in [4.78, 5) is 12.8. The fourth-order valence-electron chi connectivity index (χ4n) is 4.70. The molecule has 1 aromatic carbocycles. The van der Waals surface area contributed by atoms with E-state index in [1.54, 1.807) is 7.11 Å². The number of ether oxygens (including phenoxy) is 2. The second-order valence-corrected chi connectivity index (χ2v) is 8.37. The summed E-state index contributed by atoms with van der Waals surface area (Å²) in [6.45, 7) is 8.95. The van der Waals surface area contributed by atoms with Crippen LogP contribution in [0, 0.1) is 23.7 Å². The lowest BCUT2D eigenvalue weighted by Gasteiger charge is -2.43. The number of esters is 1. The van der Waals surface area contributed by atoms with Crippen molar-refractivity contribution in [3.63, 3.8) is 0 Å². The number of benzene rings is 1. The average molecular weight is 369 g/mol. The van der Waals surface area contributed by atoms with Crippen LogP contribution in [0.3, 0.4) is 0 Å². The predicted molar refractivity (Wildman–Crippen MR) is 108 cm³/mol. The first kappa shape index (κ1) is 19.9. The van der Waals surface area contributed by atoms with Gasteiger partial charge in [0.15, 0.2) is 6.10 Å². The maximum absolute atomic E-state index is 12.8. The van der Waals surface area contributed by atoms with Crippen molar-refractivity contribution in [1.82, 2.24) is 0 Å². The maximum atomic E-state index is 12.8. The summed E-state index contributed by atoms with van der Waals surface area (Å²) in [5.74, 6) is 2.03. The van der Waals surface area contributed by atoms with Crippen molar-refractivity contribution in [2.45, 2.75) is 52.7 Å². The normalized spacial score (nSPS) is 28.8. The highest BCUT2D eigenvalue weighted by molar-refractivity contribution is 5.77. The molecule has 27 heavy (non-hydrogen) atoms. The molecule has 0 spiro atoms. The highest BCUT2D eigenvalue weighted by Crippen LogP contribution is 2.46. The summed E-state index contributed by atoms with van der Waals surface area (Å²) >= 11 is 0. The molecule has 0 unspecified atom stereocenters. The Labute approximate surface area is 163 Å². The van der Waals surface area contributed by atoms with Crippen molar-refractivity contribution in [2.24, 2.45) is 23.7 Å². The van der Waals surface area contributed by atoms with Crippen molar-refractivity contribution < 1.29 is 14.3 Å². The van der Waals surface area contributed by atoms with Crippen LogP contribution in [0.5, 0.6) is 0 Å². The van der Waals surface area contributed by atoms with E-state index in [4.69, 9.17) is 9.47 Å². The molecule has 0 saturated carbocycles. The molecule has 0 aliphatic heterocycles. The molecule has 0 radical (unpaired) electrons. The molecule has 0 fully saturated rings. The first-order valence-corrected chi connectivity index (χ1v) is 10.1. The van der Waals surface area contributed by atoms with Gasteiger partial charge in [-0.15, -0.1) is 0 Å². The monoisotopic (exact) mass is 368 g/mol. The highest BCUT2D eigenvalue weighted by atomic mass is 16.6. The van der Waals surface area contributed by atoms with Gasteiger partial charge in [0.25, 0.3) is 0 Å². The number of carbonyl (C=O) groups excluding carboxylic acids is 1. The quantitative estimate of drug-likeness (QED) is 0.509. The standard InChI is InChI=1S/C24H32O3/c1-15(2)19-12-11-16(3)20-14-22(17(4)13-21(19)20)27-24(25)23(26-5)18-9-7-6-8-10-18/h6-11,13,15,19-23H,12,14H2,1-5H3/t19-,20+,21-,22-,23+/m1/s1. The molecule has 146 valence electrons. The maximum Gasteiger partial charge on any atom is 0.340 e. The van der Waals surface area contributed by atoms with E-state index in [-0.39, 0.29) is 12.1 Å². The van der Waals surface area contributed by atoms with Crippen LogP contribution in [0.2, 0.25) is 0 Å². The van der Waals surface area contributed by atoms with E-state index in [1.165, 1.54) is 11.1 Å². The van der Waals surface area contributed by atoms with Gasteiger partial charge in [-0.25, -0.2) is 4.79 Å². The molecular formula is C24H32O3. The van der Waals surface area contributed by atoms with Gasteiger partial charge in [-0.1, -0.05) is 61.9 Å². The number of hydrogen-bond acceptors (Lipinski definition) is 3. The lowest BCUT2D eigenvalue weighted by atomic mass is 9.63. The lowest BCUT2D eigenvalue weighted by Crippen LogP contribution is -2.38. The molecule has 3 nitrogen and oxygen atoms in total. The van der Waals surface area contributed by atoms with Crippen LogP contribution in [0.4, 0.5) is 0 Å². The summed E-state index contributed by atoms with van der Waals surface area (Å²) in [6, 6.07) is 9.55. The van der Waals surface area contributed by atoms with Crippen LogP contribution in [0.1, 0.15) is 52.2 Å². The van der Waals surface area contributed by atoms with Crippen LogP contribution in [0.15, 0.2) is 53.6 Å². The molecule has 2 aliphatic carbocycles. The van der Waals surface area contributed by atoms with Gasteiger partial charge in [-0.05, 0) is 61.5 Å². The largest absolute Gasteiger partial charge is 0.456 e. The third-order valence-corrected chi connectivity index (χ3v) is 6.35. The fraction of sp³-hybridized carbons (Fsp3) is 0.542. The van der Waals surface area contributed by atoms with Gasteiger partial charge < -0.3 is 9.47 Å². The van der Waals surface area contributed by atoms with E-state index in [0.717, 1.165) is 18.4 Å². The number of methoxy groups -OCH3 is 1. The Morgan fingerprint density at radius 1 is 1.11 bits per heavy atom. The molecule has 3 rings (SSSR count). The number of fused-ring (bicyclic) bond motifs is 1. The summed E-state index contributed by atoms with van der Waals surface area (Å²) in [5, 5.41) is 0. The minimum absolute atomic E-state index is 0.172. The number of rotatable bonds is 5. The Morgan fingerprint density at radius 3 is 2.44 bits per heavy atom. The minimum Gasteiger partial charge on any atom is -0.456 e. The zero-order chi connectivity index (χ0) is 19.6. The topological polar surface area (TPSA) is 35.5 Å². The first-order chi connectivity index (χ1) is 12.9.